The van der Waals surface area contributed by atoms with Gasteiger partial charge in [0.05, 0.1) is 5.60 Å². The number of nitrogens with one attached hydrogen (secondary N) is 1. The Morgan fingerprint density at radius 1 is 1.44 bits per heavy atom. The van der Waals surface area contributed by atoms with E-state index >= 15 is 0 Å². The van der Waals surface area contributed by atoms with Gasteiger partial charge in [0, 0.05) is 30.5 Å². The van der Waals surface area contributed by atoms with Gasteiger partial charge in [-0.15, -0.1) is 0 Å². The second-order valence-corrected chi connectivity index (χ2v) is 7.72. The molecule has 2 unspecified atom stereocenters. The molecule has 106 valence electrons. The first-order chi connectivity index (χ1) is 8.44. The van der Waals surface area contributed by atoms with Crippen LogP contribution in [0.25, 0.3) is 0 Å². The van der Waals surface area contributed by atoms with E-state index < -0.39 is 0 Å². The number of thioether (sulfide) groups is 1. The minimum atomic E-state index is 0.197. The smallest absolute Gasteiger partial charge is 0.0795 e. The summed E-state index contributed by atoms with van der Waals surface area (Å²) < 4.78 is 6.06. The maximum absolute atomic E-state index is 6.06. The van der Waals surface area contributed by atoms with Gasteiger partial charge >= 0.3 is 0 Å². The third-order valence-corrected chi connectivity index (χ3v) is 5.82. The standard InChI is InChI=1S/C14H28N2OS/c1-13(2,16(3)4)10-15-12-5-7-17-14(9-12)6-8-18-11-14/h12,15H,5-11H2,1-4H3. The predicted molar refractivity (Wildman–Crippen MR) is 79.4 cm³/mol. The van der Waals surface area contributed by atoms with Gasteiger partial charge in [0.25, 0.3) is 0 Å². The number of nitrogens with zero attached hydrogens (tertiary/aromatic N) is 1. The first kappa shape index (κ1) is 14.6. The van der Waals surface area contributed by atoms with Crippen molar-refractivity contribution in [3.63, 3.8) is 0 Å². The molecule has 2 heterocycles. The van der Waals surface area contributed by atoms with Crippen LogP contribution in [0.4, 0.5) is 0 Å². The zero-order valence-corrected chi connectivity index (χ0v) is 13.1. The molecule has 0 bridgehead atoms. The summed E-state index contributed by atoms with van der Waals surface area (Å²) in [5.41, 5.74) is 0.415. The number of hydrogen-bond acceptors (Lipinski definition) is 4. The maximum Gasteiger partial charge on any atom is 0.0795 e. The molecule has 0 amide bonds. The van der Waals surface area contributed by atoms with Crippen molar-refractivity contribution in [3.8, 4) is 0 Å². The molecule has 1 N–H and O–H groups in total. The fourth-order valence-electron chi connectivity index (χ4n) is 2.62. The molecular formula is C14H28N2OS. The Bertz CT molecular complexity index is 275. The molecule has 3 nitrogen and oxygen atoms in total. The van der Waals surface area contributed by atoms with Gasteiger partial charge in [0.15, 0.2) is 0 Å². The number of ether oxygens (including phenoxy) is 1. The molecule has 0 radical (unpaired) electrons. The lowest BCUT2D eigenvalue weighted by atomic mass is 9.89. The first-order valence-corrected chi connectivity index (χ1v) is 8.22. The van der Waals surface area contributed by atoms with Crippen LogP contribution in [0.15, 0.2) is 0 Å². The van der Waals surface area contributed by atoms with Crippen LogP contribution in [0.5, 0.6) is 0 Å². The maximum atomic E-state index is 6.06. The third kappa shape index (κ3) is 3.41. The molecule has 2 fully saturated rings. The predicted octanol–water partition coefficient (Wildman–Crippen LogP) is 1.97. The van der Waals surface area contributed by atoms with Gasteiger partial charge in [-0.1, -0.05) is 0 Å². The van der Waals surface area contributed by atoms with Crippen LogP contribution in [0.3, 0.4) is 0 Å². The van der Waals surface area contributed by atoms with Gasteiger partial charge in [-0.05, 0) is 53.0 Å². The molecule has 2 saturated heterocycles. The van der Waals surface area contributed by atoms with Crippen LogP contribution in [0, 0.1) is 0 Å². The van der Waals surface area contributed by atoms with Crippen molar-refractivity contribution in [1.29, 1.82) is 0 Å². The normalized spacial score (nSPS) is 33.5. The highest BCUT2D eigenvalue weighted by Crippen LogP contribution is 2.38. The summed E-state index contributed by atoms with van der Waals surface area (Å²) in [7, 11) is 4.31. The Labute approximate surface area is 116 Å². The minimum absolute atomic E-state index is 0.197. The van der Waals surface area contributed by atoms with Crippen LogP contribution in [-0.4, -0.2) is 60.8 Å². The molecule has 2 aliphatic heterocycles. The van der Waals surface area contributed by atoms with E-state index in [1.807, 2.05) is 11.8 Å². The Kier molecular flexibility index (Phi) is 4.63. The van der Waals surface area contributed by atoms with Crippen molar-refractivity contribution in [2.75, 3.05) is 38.8 Å². The monoisotopic (exact) mass is 272 g/mol. The largest absolute Gasteiger partial charge is 0.374 e. The minimum Gasteiger partial charge on any atom is -0.374 e. The topological polar surface area (TPSA) is 24.5 Å². The fraction of sp³-hybridized carbons (Fsp3) is 1.00. The molecule has 2 atom stereocenters. The van der Waals surface area contributed by atoms with E-state index in [9.17, 15) is 0 Å². The first-order valence-electron chi connectivity index (χ1n) is 7.06. The van der Waals surface area contributed by atoms with Gasteiger partial charge in [-0.25, -0.2) is 0 Å². The second kappa shape index (κ2) is 5.70. The summed E-state index contributed by atoms with van der Waals surface area (Å²) in [6.45, 7) is 6.57. The van der Waals surface area contributed by atoms with E-state index in [-0.39, 0.29) is 11.1 Å². The van der Waals surface area contributed by atoms with Crippen LogP contribution in [0.2, 0.25) is 0 Å². The number of hydrogen-bond donors (Lipinski definition) is 1. The van der Waals surface area contributed by atoms with Crippen LogP contribution in [-0.2, 0) is 4.74 Å². The summed E-state index contributed by atoms with van der Waals surface area (Å²) in [4.78, 5) is 2.29. The highest BCUT2D eigenvalue weighted by molar-refractivity contribution is 7.99. The van der Waals surface area contributed by atoms with Gasteiger partial charge in [0.2, 0.25) is 0 Å². The lowest BCUT2D eigenvalue weighted by Crippen LogP contribution is -2.53. The van der Waals surface area contributed by atoms with E-state index in [4.69, 9.17) is 4.74 Å². The highest BCUT2D eigenvalue weighted by atomic mass is 32.2. The van der Waals surface area contributed by atoms with Crippen molar-refractivity contribution >= 4 is 11.8 Å². The molecule has 4 heteroatoms. The summed E-state index contributed by atoms with van der Waals surface area (Å²) in [5, 5.41) is 3.76. The molecule has 2 rings (SSSR count). The van der Waals surface area contributed by atoms with Gasteiger partial charge < -0.3 is 15.0 Å². The van der Waals surface area contributed by atoms with Crippen molar-refractivity contribution < 1.29 is 4.74 Å². The zero-order chi connectivity index (χ0) is 13.2. The molecule has 2 aliphatic rings. The summed E-state index contributed by atoms with van der Waals surface area (Å²) >= 11 is 2.05. The molecule has 1 spiro atoms. The molecule has 18 heavy (non-hydrogen) atoms. The summed E-state index contributed by atoms with van der Waals surface area (Å²) in [5.74, 6) is 2.47. The molecule has 0 aromatic rings. The average molecular weight is 272 g/mol. The van der Waals surface area contributed by atoms with Gasteiger partial charge in [-0.3, -0.25) is 0 Å². The Hall–Kier alpha value is 0.230. The van der Waals surface area contributed by atoms with Crippen LogP contribution < -0.4 is 5.32 Å². The van der Waals surface area contributed by atoms with E-state index in [0.29, 0.717) is 6.04 Å². The Morgan fingerprint density at radius 3 is 2.83 bits per heavy atom. The zero-order valence-electron chi connectivity index (χ0n) is 12.3. The SMILES string of the molecule is CN(C)C(C)(C)CNC1CCOC2(CCSC2)C1. The van der Waals surface area contributed by atoms with E-state index in [2.05, 4.69) is 38.2 Å². The fourth-order valence-corrected chi connectivity index (χ4v) is 4.00. The van der Waals surface area contributed by atoms with E-state index in [1.165, 1.54) is 24.3 Å². The summed E-state index contributed by atoms with van der Waals surface area (Å²) in [6, 6.07) is 0.636. The second-order valence-electron chi connectivity index (χ2n) is 6.61. The number of likely N-dealkylation sites (N-methyl/N-ethyl adjacent to an activating group) is 1. The van der Waals surface area contributed by atoms with Crippen LogP contribution >= 0.6 is 11.8 Å². The van der Waals surface area contributed by atoms with Crippen molar-refractivity contribution in [3.05, 3.63) is 0 Å². The van der Waals surface area contributed by atoms with Crippen molar-refractivity contribution in [1.82, 2.24) is 10.2 Å². The Balaban J connectivity index is 1.83. The molecule has 0 aliphatic carbocycles. The van der Waals surface area contributed by atoms with Crippen molar-refractivity contribution in [2.24, 2.45) is 0 Å². The molecular weight excluding hydrogens is 244 g/mol. The number of rotatable bonds is 4. The lowest BCUT2D eigenvalue weighted by molar-refractivity contribution is -0.0710. The lowest BCUT2D eigenvalue weighted by Gasteiger charge is -2.40. The van der Waals surface area contributed by atoms with Gasteiger partial charge in [-0.2, -0.15) is 11.8 Å². The third-order valence-electron chi connectivity index (χ3n) is 4.59. The molecule has 0 aromatic carbocycles. The molecule has 0 saturated carbocycles. The van der Waals surface area contributed by atoms with E-state index in [0.717, 1.165) is 19.6 Å². The van der Waals surface area contributed by atoms with Gasteiger partial charge in [0.1, 0.15) is 0 Å². The van der Waals surface area contributed by atoms with Crippen molar-refractivity contribution in [2.45, 2.75) is 50.3 Å². The average Bonchev–Trinajstić information content (AvgIpc) is 2.75. The Morgan fingerprint density at radius 2 is 2.22 bits per heavy atom. The molecule has 0 aromatic heterocycles. The van der Waals surface area contributed by atoms with E-state index in [1.54, 1.807) is 0 Å². The highest BCUT2D eigenvalue weighted by Gasteiger charge is 2.40. The van der Waals surface area contributed by atoms with Crippen LogP contribution in [0.1, 0.15) is 33.1 Å². The quantitative estimate of drug-likeness (QED) is 0.846. The summed E-state index contributed by atoms with van der Waals surface area (Å²) in [6.07, 6.45) is 3.60.